The number of hydrogen-bond donors (Lipinski definition) is 2. The molecular weight excluding hydrogens is 258 g/mol. The molecule has 2 N–H and O–H groups in total. The molecule has 0 spiro atoms. The second-order valence-corrected chi connectivity index (χ2v) is 4.07. The van der Waals surface area contributed by atoms with Crippen molar-refractivity contribution in [2.75, 3.05) is 19.5 Å². The van der Waals surface area contributed by atoms with Gasteiger partial charge in [0.15, 0.2) is 0 Å². The molecule has 5 heteroatoms. The lowest BCUT2D eigenvalue weighted by Gasteiger charge is -2.11. The summed E-state index contributed by atoms with van der Waals surface area (Å²) in [6.07, 6.45) is 0. The summed E-state index contributed by atoms with van der Waals surface area (Å²) in [5.74, 6) is 0.858. The van der Waals surface area contributed by atoms with E-state index in [9.17, 15) is 9.90 Å². The molecule has 0 aliphatic heterocycles. The summed E-state index contributed by atoms with van der Waals surface area (Å²) < 4.78 is 10.3. The number of methoxy groups -OCH3 is 2. The summed E-state index contributed by atoms with van der Waals surface area (Å²) in [6.45, 7) is 0. The van der Waals surface area contributed by atoms with Gasteiger partial charge in [0, 0.05) is 5.69 Å². The van der Waals surface area contributed by atoms with E-state index >= 15 is 0 Å². The van der Waals surface area contributed by atoms with Gasteiger partial charge in [-0.2, -0.15) is 0 Å². The largest absolute Gasteiger partial charge is 0.508 e. The third-order valence-corrected chi connectivity index (χ3v) is 2.78. The van der Waals surface area contributed by atoms with Crippen molar-refractivity contribution in [1.82, 2.24) is 0 Å². The molecular formula is C15H15NO4. The summed E-state index contributed by atoms with van der Waals surface area (Å²) in [7, 11) is 3.03. The Kier molecular flexibility index (Phi) is 4.10. The van der Waals surface area contributed by atoms with Crippen molar-refractivity contribution in [3.8, 4) is 17.2 Å². The second-order valence-electron chi connectivity index (χ2n) is 4.07. The first-order valence-corrected chi connectivity index (χ1v) is 5.96. The van der Waals surface area contributed by atoms with E-state index in [-0.39, 0.29) is 11.7 Å². The minimum absolute atomic E-state index is 0.141. The minimum atomic E-state index is -0.313. The Morgan fingerprint density at radius 2 is 1.75 bits per heavy atom. The molecule has 0 heterocycles. The van der Waals surface area contributed by atoms with Gasteiger partial charge >= 0.3 is 0 Å². The smallest absolute Gasteiger partial charge is 0.259 e. The number of phenolic OH excluding ortho intramolecular Hbond substituents is 1. The molecule has 0 atom stereocenters. The van der Waals surface area contributed by atoms with E-state index in [1.165, 1.54) is 26.4 Å². The fourth-order valence-corrected chi connectivity index (χ4v) is 1.73. The van der Waals surface area contributed by atoms with Crippen LogP contribution in [0.5, 0.6) is 17.2 Å². The molecule has 1 amide bonds. The van der Waals surface area contributed by atoms with Crippen LogP contribution >= 0.6 is 0 Å². The predicted octanol–water partition coefficient (Wildman–Crippen LogP) is 2.66. The number of nitrogens with one attached hydrogen (secondary N) is 1. The highest BCUT2D eigenvalue weighted by Crippen LogP contribution is 2.25. The highest BCUT2D eigenvalue weighted by Gasteiger charge is 2.13. The van der Waals surface area contributed by atoms with E-state index in [0.29, 0.717) is 22.7 Å². The monoisotopic (exact) mass is 273 g/mol. The van der Waals surface area contributed by atoms with Crippen molar-refractivity contribution in [3.63, 3.8) is 0 Å². The van der Waals surface area contributed by atoms with Gasteiger partial charge in [-0.1, -0.05) is 0 Å². The maximum absolute atomic E-state index is 12.2. The van der Waals surface area contributed by atoms with Crippen LogP contribution < -0.4 is 14.8 Å². The number of ether oxygens (including phenoxy) is 2. The van der Waals surface area contributed by atoms with E-state index < -0.39 is 0 Å². The van der Waals surface area contributed by atoms with E-state index in [0.717, 1.165) is 0 Å². The van der Waals surface area contributed by atoms with Gasteiger partial charge in [-0.3, -0.25) is 4.79 Å². The van der Waals surface area contributed by atoms with E-state index in [4.69, 9.17) is 9.47 Å². The van der Waals surface area contributed by atoms with Crippen molar-refractivity contribution in [1.29, 1.82) is 0 Å². The molecule has 2 aromatic rings. The van der Waals surface area contributed by atoms with E-state index in [1.54, 1.807) is 30.3 Å². The Bertz CT molecular complexity index is 608. The summed E-state index contributed by atoms with van der Waals surface area (Å²) in [4.78, 5) is 12.2. The summed E-state index contributed by atoms with van der Waals surface area (Å²) in [5, 5.41) is 11.9. The van der Waals surface area contributed by atoms with Crippen LogP contribution in [-0.4, -0.2) is 25.2 Å². The maximum atomic E-state index is 12.2. The molecule has 0 fully saturated rings. The van der Waals surface area contributed by atoms with Crippen molar-refractivity contribution < 1.29 is 19.4 Å². The Morgan fingerprint density at radius 1 is 1.05 bits per heavy atom. The number of aromatic hydroxyl groups is 1. The second kappa shape index (κ2) is 5.97. The Hall–Kier alpha value is -2.69. The SMILES string of the molecule is COc1ccc(OC)c(C(=O)Nc2ccc(O)cc2)c1. The van der Waals surface area contributed by atoms with E-state index in [1.807, 2.05) is 0 Å². The standard InChI is InChI=1S/C15H15NO4/c1-19-12-7-8-14(20-2)13(9-12)15(18)16-10-3-5-11(17)6-4-10/h3-9,17H,1-2H3,(H,16,18). The molecule has 0 radical (unpaired) electrons. The van der Waals surface area contributed by atoms with Gasteiger partial charge in [0.1, 0.15) is 17.2 Å². The van der Waals surface area contributed by atoms with Crippen LogP contribution in [-0.2, 0) is 0 Å². The van der Waals surface area contributed by atoms with Crippen LogP contribution in [0.1, 0.15) is 10.4 Å². The van der Waals surface area contributed by atoms with Crippen molar-refractivity contribution in [3.05, 3.63) is 48.0 Å². The zero-order valence-corrected chi connectivity index (χ0v) is 11.2. The van der Waals surface area contributed by atoms with Gasteiger partial charge in [-0.05, 0) is 42.5 Å². The topological polar surface area (TPSA) is 67.8 Å². The average Bonchev–Trinajstić information content (AvgIpc) is 2.48. The first-order chi connectivity index (χ1) is 9.63. The minimum Gasteiger partial charge on any atom is -0.508 e. The number of anilines is 1. The third-order valence-electron chi connectivity index (χ3n) is 2.78. The number of amides is 1. The number of benzene rings is 2. The summed E-state index contributed by atoms with van der Waals surface area (Å²) in [5.41, 5.74) is 0.956. The van der Waals surface area contributed by atoms with Gasteiger partial charge in [0.2, 0.25) is 0 Å². The molecule has 2 aromatic carbocycles. The zero-order chi connectivity index (χ0) is 14.5. The van der Waals surface area contributed by atoms with Crippen LogP contribution in [0, 0.1) is 0 Å². The Morgan fingerprint density at radius 3 is 2.35 bits per heavy atom. The Labute approximate surface area is 116 Å². The summed E-state index contributed by atoms with van der Waals surface area (Å²) in [6, 6.07) is 11.2. The molecule has 0 bridgehead atoms. The van der Waals surface area contributed by atoms with E-state index in [2.05, 4.69) is 5.32 Å². The van der Waals surface area contributed by atoms with Crippen molar-refractivity contribution in [2.24, 2.45) is 0 Å². The fourth-order valence-electron chi connectivity index (χ4n) is 1.73. The van der Waals surface area contributed by atoms with Gasteiger partial charge < -0.3 is 19.9 Å². The number of hydrogen-bond acceptors (Lipinski definition) is 4. The van der Waals surface area contributed by atoms with Gasteiger partial charge in [-0.25, -0.2) is 0 Å². The zero-order valence-electron chi connectivity index (χ0n) is 11.2. The van der Waals surface area contributed by atoms with Gasteiger partial charge in [0.25, 0.3) is 5.91 Å². The van der Waals surface area contributed by atoms with Crippen LogP contribution in [0.15, 0.2) is 42.5 Å². The molecule has 0 saturated heterocycles. The molecule has 0 saturated carbocycles. The maximum Gasteiger partial charge on any atom is 0.259 e. The lowest BCUT2D eigenvalue weighted by Crippen LogP contribution is -2.13. The quantitative estimate of drug-likeness (QED) is 0.840. The number of phenols is 1. The number of carbonyl (C=O) groups is 1. The summed E-state index contributed by atoms with van der Waals surface area (Å²) >= 11 is 0. The molecule has 0 aliphatic rings. The molecule has 104 valence electrons. The molecule has 5 nitrogen and oxygen atoms in total. The highest BCUT2D eigenvalue weighted by atomic mass is 16.5. The van der Waals surface area contributed by atoms with Gasteiger partial charge in [-0.15, -0.1) is 0 Å². The van der Waals surface area contributed by atoms with Crippen LogP contribution in [0.3, 0.4) is 0 Å². The number of carbonyl (C=O) groups excluding carboxylic acids is 1. The van der Waals surface area contributed by atoms with Crippen LogP contribution in [0.25, 0.3) is 0 Å². The predicted molar refractivity (Wildman–Crippen MR) is 75.6 cm³/mol. The third kappa shape index (κ3) is 3.00. The number of rotatable bonds is 4. The van der Waals surface area contributed by atoms with Crippen molar-refractivity contribution in [2.45, 2.75) is 0 Å². The van der Waals surface area contributed by atoms with Gasteiger partial charge in [0.05, 0.1) is 19.8 Å². The lowest BCUT2D eigenvalue weighted by molar-refractivity contribution is 0.102. The Balaban J connectivity index is 2.25. The molecule has 0 aromatic heterocycles. The van der Waals surface area contributed by atoms with Crippen LogP contribution in [0.2, 0.25) is 0 Å². The van der Waals surface area contributed by atoms with Crippen molar-refractivity contribution >= 4 is 11.6 Å². The molecule has 2 rings (SSSR count). The molecule has 0 aliphatic carbocycles. The average molecular weight is 273 g/mol. The highest BCUT2D eigenvalue weighted by molar-refractivity contribution is 6.06. The molecule has 20 heavy (non-hydrogen) atoms. The fraction of sp³-hybridized carbons (Fsp3) is 0.133. The normalized spacial score (nSPS) is 9.90. The molecule has 0 unspecified atom stereocenters. The first kappa shape index (κ1) is 13.7. The lowest BCUT2D eigenvalue weighted by atomic mass is 10.1. The first-order valence-electron chi connectivity index (χ1n) is 5.96. The van der Waals surface area contributed by atoms with Crippen LogP contribution in [0.4, 0.5) is 5.69 Å².